The van der Waals surface area contributed by atoms with Crippen LogP contribution in [0.1, 0.15) is 15.9 Å². The van der Waals surface area contributed by atoms with E-state index in [1.807, 2.05) is 12.1 Å². The van der Waals surface area contributed by atoms with Gasteiger partial charge < -0.3 is 19.5 Å². The molecule has 0 saturated heterocycles. The van der Waals surface area contributed by atoms with Crippen LogP contribution < -0.4 is 15.0 Å². The number of amides is 2. The number of carbonyl (C=O) groups excluding carboxylic acids is 1. The molecule has 3 rings (SSSR count). The molecule has 1 aliphatic heterocycles. The van der Waals surface area contributed by atoms with Gasteiger partial charge in [0.2, 0.25) is 0 Å². The second kappa shape index (κ2) is 7.75. The van der Waals surface area contributed by atoms with Crippen LogP contribution in [0.2, 0.25) is 0 Å². The van der Waals surface area contributed by atoms with E-state index < -0.39 is 18.1 Å². The van der Waals surface area contributed by atoms with Crippen molar-refractivity contribution in [3.63, 3.8) is 0 Å². The maximum atomic E-state index is 11.6. The molecule has 8 nitrogen and oxygen atoms in total. The first-order valence-corrected chi connectivity index (χ1v) is 7.96. The molecule has 1 atom stereocenters. The van der Waals surface area contributed by atoms with E-state index in [1.165, 1.54) is 17.0 Å². The normalized spacial score (nSPS) is 15.2. The molecule has 2 aromatic rings. The standard InChI is InChI=1S/C18H18N2O6/c21-17(19-24)13-7-5-12(6-8-13)9-20(18(22)23)10-14-11-25-15-3-1-2-4-16(15)26-14/h1-8,14,24H,9-11H2,(H,19,21)(H,22,23). The van der Waals surface area contributed by atoms with Gasteiger partial charge in [-0.25, -0.2) is 10.3 Å². The zero-order chi connectivity index (χ0) is 18.5. The molecule has 0 aromatic heterocycles. The first-order chi connectivity index (χ1) is 12.6. The third-order valence-electron chi connectivity index (χ3n) is 3.95. The van der Waals surface area contributed by atoms with Crippen molar-refractivity contribution >= 4 is 12.0 Å². The van der Waals surface area contributed by atoms with E-state index in [0.29, 0.717) is 17.1 Å². The number of benzene rings is 2. The fraction of sp³-hybridized carbons (Fsp3) is 0.222. The van der Waals surface area contributed by atoms with Crippen molar-refractivity contribution in [2.75, 3.05) is 13.2 Å². The van der Waals surface area contributed by atoms with E-state index in [2.05, 4.69) is 0 Å². The van der Waals surface area contributed by atoms with Gasteiger partial charge in [0.1, 0.15) is 6.61 Å². The van der Waals surface area contributed by atoms with Gasteiger partial charge in [0.25, 0.3) is 5.91 Å². The second-order valence-corrected chi connectivity index (χ2v) is 5.80. The van der Waals surface area contributed by atoms with Gasteiger partial charge in [-0.1, -0.05) is 24.3 Å². The van der Waals surface area contributed by atoms with Gasteiger partial charge in [-0.05, 0) is 29.8 Å². The maximum absolute atomic E-state index is 11.6. The highest BCUT2D eigenvalue weighted by atomic mass is 16.6. The molecule has 136 valence electrons. The van der Waals surface area contributed by atoms with E-state index in [4.69, 9.17) is 14.7 Å². The Kier molecular flexibility index (Phi) is 5.23. The Balaban J connectivity index is 1.65. The molecule has 26 heavy (non-hydrogen) atoms. The summed E-state index contributed by atoms with van der Waals surface area (Å²) in [7, 11) is 0. The first kappa shape index (κ1) is 17.6. The average Bonchev–Trinajstić information content (AvgIpc) is 2.67. The van der Waals surface area contributed by atoms with Gasteiger partial charge in [-0.3, -0.25) is 10.0 Å². The molecule has 0 radical (unpaired) electrons. The quantitative estimate of drug-likeness (QED) is 0.558. The topological polar surface area (TPSA) is 108 Å². The Hall–Kier alpha value is -3.26. The number of para-hydroxylation sites is 2. The summed E-state index contributed by atoms with van der Waals surface area (Å²) < 4.78 is 11.4. The minimum absolute atomic E-state index is 0.137. The monoisotopic (exact) mass is 358 g/mol. The molecule has 0 bridgehead atoms. The fourth-order valence-electron chi connectivity index (χ4n) is 2.66. The van der Waals surface area contributed by atoms with Crippen molar-refractivity contribution in [1.82, 2.24) is 10.4 Å². The molecule has 0 spiro atoms. The number of carbonyl (C=O) groups is 2. The van der Waals surface area contributed by atoms with Crippen molar-refractivity contribution in [2.45, 2.75) is 12.6 Å². The van der Waals surface area contributed by atoms with Gasteiger partial charge in [-0.15, -0.1) is 0 Å². The van der Waals surface area contributed by atoms with Gasteiger partial charge in [0.05, 0.1) is 6.54 Å². The summed E-state index contributed by atoms with van der Waals surface area (Å²) in [6, 6.07) is 13.5. The molecule has 1 unspecified atom stereocenters. The van der Waals surface area contributed by atoms with Crippen LogP contribution in [0.25, 0.3) is 0 Å². The van der Waals surface area contributed by atoms with Crippen molar-refractivity contribution in [3.05, 3.63) is 59.7 Å². The minimum atomic E-state index is -1.08. The molecule has 1 heterocycles. The molecule has 0 aliphatic carbocycles. The number of hydroxylamine groups is 1. The first-order valence-electron chi connectivity index (χ1n) is 7.96. The highest BCUT2D eigenvalue weighted by Crippen LogP contribution is 2.31. The Morgan fingerprint density at radius 3 is 2.46 bits per heavy atom. The number of hydrogen-bond donors (Lipinski definition) is 3. The lowest BCUT2D eigenvalue weighted by molar-refractivity contribution is 0.0553. The largest absolute Gasteiger partial charge is 0.486 e. The lowest BCUT2D eigenvalue weighted by Gasteiger charge is -2.30. The number of nitrogens with one attached hydrogen (secondary N) is 1. The molecule has 8 heteroatoms. The maximum Gasteiger partial charge on any atom is 0.407 e. The molecule has 0 fully saturated rings. The summed E-state index contributed by atoms with van der Waals surface area (Å²) in [5.41, 5.74) is 2.53. The van der Waals surface area contributed by atoms with Crippen LogP contribution in [0.15, 0.2) is 48.5 Å². The van der Waals surface area contributed by atoms with E-state index in [1.54, 1.807) is 29.7 Å². The molecule has 0 saturated carbocycles. The van der Waals surface area contributed by atoms with Crippen LogP contribution in [0.5, 0.6) is 11.5 Å². The fourth-order valence-corrected chi connectivity index (χ4v) is 2.66. The molecule has 1 aliphatic rings. The lowest BCUT2D eigenvalue weighted by atomic mass is 10.1. The van der Waals surface area contributed by atoms with Crippen molar-refractivity contribution in [1.29, 1.82) is 0 Å². The Bertz CT molecular complexity index is 793. The van der Waals surface area contributed by atoms with Gasteiger partial charge in [0.15, 0.2) is 17.6 Å². The van der Waals surface area contributed by atoms with Crippen LogP contribution >= 0.6 is 0 Å². The van der Waals surface area contributed by atoms with Crippen molar-refractivity contribution < 1.29 is 29.4 Å². The summed E-state index contributed by atoms with van der Waals surface area (Å²) in [6.07, 6.45) is -1.50. The number of rotatable bonds is 5. The van der Waals surface area contributed by atoms with Crippen LogP contribution in [-0.4, -0.2) is 46.5 Å². The number of nitrogens with zero attached hydrogens (tertiary/aromatic N) is 1. The molecular weight excluding hydrogens is 340 g/mol. The van der Waals surface area contributed by atoms with E-state index in [0.717, 1.165) is 0 Å². The average molecular weight is 358 g/mol. The number of carboxylic acid groups (broad SMARTS) is 1. The minimum Gasteiger partial charge on any atom is -0.486 e. The third kappa shape index (κ3) is 4.04. The molecule has 2 amide bonds. The zero-order valence-corrected chi connectivity index (χ0v) is 13.8. The van der Waals surface area contributed by atoms with Crippen LogP contribution in [0.4, 0.5) is 4.79 Å². The van der Waals surface area contributed by atoms with Crippen molar-refractivity contribution in [2.24, 2.45) is 0 Å². The SMILES string of the molecule is O=C(NO)c1ccc(CN(CC2COc3ccccc3O2)C(=O)O)cc1. The van der Waals surface area contributed by atoms with Gasteiger partial charge >= 0.3 is 6.09 Å². The number of ether oxygens (including phenoxy) is 2. The van der Waals surface area contributed by atoms with Crippen LogP contribution in [-0.2, 0) is 6.54 Å². The smallest absolute Gasteiger partial charge is 0.407 e. The van der Waals surface area contributed by atoms with E-state index in [-0.39, 0.29) is 25.3 Å². The number of fused-ring (bicyclic) bond motifs is 1. The summed E-state index contributed by atoms with van der Waals surface area (Å²) in [5.74, 6) is 0.606. The molecular formula is C18H18N2O6. The predicted molar refractivity (Wildman–Crippen MR) is 90.5 cm³/mol. The van der Waals surface area contributed by atoms with E-state index >= 15 is 0 Å². The summed E-state index contributed by atoms with van der Waals surface area (Å²) in [5, 5.41) is 18.1. The number of hydrogen-bond acceptors (Lipinski definition) is 5. The van der Waals surface area contributed by atoms with Crippen LogP contribution in [0.3, 0.4) is 0 Å². The summed E-state index contributed by atoms with van der Waals surface area (Å²) in [6.45, 7) is 0.539. The zero-order valence-electron chi connectivity index (χ0n) is 13.8. The Labute approximate surface area is 149 Å². The summed E-state index contributed by atoms with van der Waals surface area (Å²) in [4.78, 5) is 24.1. The second-order valence-electron chi connectivity index (χ2n) is 5.80. The summed E-state index contributed by atoms with van der Waals surface area (Å²) >= 11 is 0. The lowest BCUT2D eigenvalue weighted by Crippen LogP contribution is -2.42. The molecule has 2 aromatic carbocycles. The van der Waals surface area contributed by atoms with Crippen LogP contribution in [0, 0.1) is 0 Å². The predicted octanol–water partition coefficient (Wildman–Crippen LogP) is 2.13. The molecule has 3 N–H and O–H groups in total. The third-order valence-corrected chi connectivity index (χ3v) is 3.95. The Morgan fingerprint density at radius 2 is 1.81 bits per heavy atom. The highest BCUT2D eigenvalue weighted by molar-refractivity contribution is 5.93. The van der Waals surface area contributed by atoms with Gasteiger partial charge in [0, 0.05) is 12.1 Å². The van der Waals surface area contributed by atoms with Gasteiger partial charge in [-0.2, -0.15) is 0 Å². The van der Waals surface area contributed by atoms with Crippen molar-refractivity contribution in [3.8, 4) is 11.5 Å². The Morgan fingerprint density at radius 1 is 1.12 bits per heavy atom. The van der Waals surface area contributed by atoms with E-state index in [9.17, 15) is 14.7 Å². The highest BCUT2D eigenvalue weighted by Gasteiger charge is 2.25.